The molecule has 1 N–H and O–H groups in total. The fourth-order valence-corrected chi connectivity index (χ4v) is 4.16. The van der Waals surface area contributed by atoms with Crippen LogP contribution >= 0.6 is 0 Å². The second-order valence-electron chi connectivity index (χ2n) is 8.04. The molecule has 0 aromatic carbocycles. The fourth-order valence-electron chi connectivity index (χ4n) is 4.16. The number of carbonyl (C=O) groups is 4. The van der Waals surface area contributed by atoms with Gasteiger partial charge >= 0.3 is 23.9 Å². The van der Waals surface area contributed by atoms with Crippen LogP contribution in [-0.2, 0) is 52.3 Å². The Morgan fingerprint density at radius 1 is 1.12 bits per heavy atom. The molecule has 0 aromatic rings. The van der Waals surface area contributed by atoms with Gasteiger partial charge in [0.25, 0.3) is 0 Å². The SMILES string of the molecule is C=C[C@H]1[C@H](O[C@@H]2O[C@H](COC(C)=O)[C@@H](OC(C)=O)[C@H](OC(C)=O)[C@H]2O)OC=C2C(=O)OCC[C@H]21. The molecule has 3 aliphatic heterocycles. The number of cyclic esters (lactones) is 1. The lowest BCUT2D eigenvalue weighted by molar-refractivity contribution is -0.341. The predicted octanol–water partition coefficient (Wildman–Crippen LogP) is 0.121. The van der Waals surface area contributed by atoms with Gasteiger partial charge in [-0.2, -0.15) is 0 Å². The number of aliphatic hydroxyl groups excluding tert-OH is 1. The quantitative estimate of drug-likeness (QED) is 0.297. The number of carbonyl (C=O) groups excluding carboxylic acids is 4. The number of hydrogen-bond donors (Lipinski definition) is 1. The Hall–Kier alpha value is -2.96. The van der Waals surface area contributed by atoms with E-state index in [2.05, 4.69) is 6.58 Å². The molecule has 0 unspecified atom stereocenters. The van der Waals surface area contributed by atoms with Gasteiger partial charge in [-0.3, -0.25) is 14.4 Å². The Labute approximate surface area is 195 Å². The first kappa shape index (κ1) is 25.7. The molecule has 0 saturated carbocycles. The topological polar surface area (TPSA) is 153 Å². The van der Waals surface area contributed by atoms with Gasteiger partial charge in [0.1, 0.15) is 18.8 Å². The van der Waals surface area contributed by atoms with Crippen LogP contribution in [0.2, 0.25) is 0 Å². The van der Waals surface area contributed by atoms with E-state index in [-0.39, 0.29) is 19.1 Å². The summed E-state index contributed by atoms with van der Waals surface area (Å²) in [6, 6.07) is 0. The van der Waals surface area contributed by atoms with Crippen molar-refractivity contribution in [2.24, 2.45) is 11.8 Å². The second-order valence-corrected chi connectivity index (χ2v) is 8.04. The zero-order valence-electron chi connectivity index (χ0n) is 19.0. The number of hydrogen-bond acceptors (Lipinski definition) is 12. The van der Waals surface area contributed by atoms with Crippen molar-refractivity contribution in [1.29, 1.82) is 0 Å². The van der Waals surface area contributed by atoms with Gasteiger partial charge in [-0.15, -0.1) is 6.58 Å². The van der Waals surface area contributed by atoms with E-state index >= 15 is 0 Å². The monoisotopic (exact) mass is 484 g/mol. The first-order valence-electron chi connectivity index (χ1n) is 10.7. The van der Waals surface area contributed by atoms with Gasteiger partial charge in [0.15, 0.2) is 18.5 Å². The van der Waals surface area contributed by atoms with Crippen LogP contribution in [0.5, 0.6) is 0 Å². The number of fused-ring (bicyclic) bond motifs is 1. The lowest BCUT2D eigenvalue weighted by Crippen LogP contribution is -2.62. The van der Waals surface area contributed by atoms with Crippen molar-refractivity contribution in [2.75, 3.05) is 13.2 Å². The average molecular weight is 484 g/mol. The lowest BCUT2D eigenvalue weighted by atomic mass is 9.81. The molecule has 0 radical (unpaired) electrons. The minimum Gasteiger partial charge on any atom is -0.471 e. The van der Waals surface area contributed by atoms with Crippen molar-refractivity contribution in [1.82, 2.24) is 0 Å². The van der Waals surface area contributed by atoms with E-state index in [1.54, 1.807) is 6.08 Å². The molecule has 188 valence electrons. The highest BCUT2D eigenvalue weighted by Crippen LogP contribution is 2.39. The summed E-state index contributed by atoms with van der Waals surface area (Å²) < 4.78 is 37.8. The van der Waals surface area contributed by atoms with Crippen molar-refractivity contribution in [3.05, 3.63) is 24.5 Å². The zero-order chi connectivity index (χ0) is 25.0. The second kappa shape index (κ2) is 11.0. The molecule has 3 aliphatic rings. The van der Waals surface area contributed by atoms with E-state index < -0.39 is 66.8 Å². The molecule has 0 amide bonds. The van der Waals surface area contributed by atoms with Crippen molar-refractivity contribution in [3.8, 4) is 0 Å². The van der Waals surface area contributed by atoms with Gasteiger partial charge < -0.3 is 38.3 Å². The number of esters is 4. The van der Waals surface area contributed by atoms with E-state index in [0.29, 0.717) is 12.0 Å². The van der Waals surface area contributed by atoms with Gasteiger partial charge in [0, 0.05) is 32.6 Å². The Balaban J connectivity index is 1.85. The van der Waals surface area contributed by atoms with E-state index in [0.717, 1.165) is 13.8 Å². The summed E-state index contributed by atoms with van der Waals surface area (Å²) in [4.78, 5) is 46.8. The minimum absolute atomic E-state index is 0.226. The summed E-state index contributed by atoms with van der Waals surface area (Å²) in [5, 5.41) is 10.9. The molecular weight excluding hydrogens is 456 g/mol. The van der Waals surface area contributed by atoms with Crippen LogP contribution in [-0.4, -0.2) is 79.2 Å². The molecule has 0 bridgehead atoms. The molecule has 8 atom stereocenters. The molecule has 0 spiro atoms. The van der Waals surface area contributed by atoms with Gasteiger partial charge in [0.2, 0.25) is 6.29 Å². The summed E-state index contributed by atoms with van der Waals surface area (Å²) in [6.07, 6.45) is -4.52. The molecule has 0 aromatic heterocycles. The van der Waals surface area contributed by atoms with Gasteiger partial charge in [0.05, 0.1) is 18.4 Å². The Kier molecular flexibility index (Phi) is 8.28. The van der Waals surface area contributed by atoms with Crippen molar-refractivity contribution >= 4 is 23.9 Å². The van der Waals surface area contributed by atoms with E-state index in [4.69, 9.17) is 33.2 Å². The normalized spacial score (nSPS) is 34.9. The van der Waals surface area contributed by atoms with Crippen LogP contribution in [0, 0.1) is 11.8 Å². The summed E-state index contributed by atoms with van der Waals surface area (Å²) in [6.45, 7) is 7.09. The highest BCUT2D eigenvalue weighted by Gasteiger charge is 2.52. The smallest absolute Gasteiger partial charge is 0.337 e. The van der Waals surface area contributed by atoms with E-state index in [9.17, 15) is 24.3 Å². The predicted molar refractivity (Wildman–Crippen MR) is 109 cm³/mol. The van der Waals surface area contributed by atoms with Crippen LogP contribution in [0.3, 0.4) is 0 Å². The van der Waals surface area contributed by atoms with Gasteiger partial charge in [-0.1, -0.05) is 6.08 Å². The highest BCUT2D eigenvalue weighted by molar-refractivity contribution is 5.89. The molecule has 34 heavy (non-hydrogen) atoms. The lowest BCUT2D eigenvalue weighted by Gasteiger charge is -2.45. The Bertz CT molecular complexity index is 851. The standard InChI is InChI=1S/C22H28O12/c1-5-13-14-6-7-28-20(27)15(14)8-30-21(13)34-22-17(26)19(32-12(4)25)18(31-11(3)24)16(33-22)9-29-10(2)23/h5,8,13-14,16-19,21-22,26H,1,6-7,9H2,2-4H3/t13-,14+,16-,17-,18-,19-,21+,22+/m1/s1. The van der Waals surface area contributed by atoms with Crippen LogP contribution < -0.4 is 0 Å². The first-order valence-corrected chi connectivity index (χ1v) is 10.7. The van der Waals surface area contributed by atoms with Crippen molar-refractivity contribution in [2.45, 2.75) is 64.2 Å². The first-order chi connectivity index (χ1) is 16.1. The molecular formula is C22H28O12. The Morgan fingerprint density at radius 3 is 2.41 bits per heavy atom. The van der Waals surface area contributed by atoms with Crippen LogP contribution in [0.4, 0.5) is 0 Å². The van der Waals surface area contributed by atoms with E-state index in [1.165, 1.54) is 13.2 Å². The minimum atomic E-state index is -1.60. The highest BCUT2D eigenvalue weighted by atomic mass is 16.8. The van der Waals surface area contributed by atoms with Gasteiger partial charge in [-0.25, -0.2) is 4.79 Å². The molecule has 2 fully saturated rings. The number of aliphatic hydroxyl groups is 1. The van der Waals surface area contributed by atoms with Crippen LogP contribution in [0.1, 0.15) is 27.2 Å². The summed E-state index contributed by atoms with van der Waals surface area (Å²) in [5.41, 5.74) is 0.349. The fraction of sp³-hybridized carbons (Fsp3) is 0.636. The maximum Gasteiger partial charge on any atom is 0.337 e. The van der Waals surface area contributed by atoms with E-state index in [1.807, 2.05) is 0 Å². The summed E-state index contributed by atoms with van der Waals surface area (Å²) in [5.74, 6) is -3.37. The number of ether oxygens (including phenoxy) is 7. The molecule has 12 nitrogen and oxygen atoms in total. The third-order valence-corrected chi connectivity index (χ3v) is 5.62. The third-order valence-electron chi connectivity index (χ3n) is 5.62. The van der Waals surface area contributed by atoms with Crippen LogP contribution in [0.25, 0.3) is 0 Å². The Morgan fingerprint density at radius 2 is 1.79 bits per heavy atom. The average Bonchev–Trinajstić information content (AvgIpc) is 2.76. The summed E-state index contributed by atoms with van der Waals surface area (Å²) in [7, 11) is 0. The molecule has 12 heteroatoms. The molecule has 3 rings (SSSR count). The van der Waals surface area contributed by atoms with Crippen molar-refractivity contribution < 1.29 is 57.4 Å². The number of rotatable bonds is 7. The third kappa shape index (κ3) is 5.75. The zero-order valence-corrected chi connectivity index (χ0v) is 19.0. The molecule has 3 heterocycles. The molecule has 2 saturated heterocycles. The molecule has 0 aliphatic carbocycles. The largest absolute Gasteiger partial charge is 0.471 e. The van der Waals surface area contributed by atoms with Gasteiger partial charge in [-0.05, 0) is 6.42 Å². The van der Waals surface area contributed by atoms with Crippen molar-refractivity contribution in [3.63, 3.8) is 0 Å². The maximum absolute atomic E-state index is 12.0. The maximum atomic E-state index is 12.0. The summed E-state index contributed by atoms with van der Waals surface area (Å²) >= 11 is 0. The van der Waals surface area contributed by atoms with Crippen LogP contribution in [0.15, 0.2) is 24.5 Å².